The van der Waals surface area contributed by atoms with Gasteiger partial charge < -0.3 is 5.32 Å². The van der Waals surface area contributed by atoms with Crippen LogP contribution in [0.5, 0.6) is 0 Å². The molecular formula is C13H10ClFN2O2. The molecule has 98 valence electrons. The second kappa shape index (κ2) is 5.67. The van der Waals surface area contributed by atoms with Crippen molar-refractivity contribution in [2.75, 3.05) is 5.32 Å². The zero-order valence-corrected chi connectivity index (χ0v) is 10.5. The van der Waals surface area contributed by atoms with Crippen LogP contribution in [0.2, 0.25) is 5.02 Å². The summed E-state index contributed by atoms with van der Waals surface area (Å²) in [6, 6.07) is 10.5. The minimum atomic E-state index is -0.486. The largest absolute Gasteiger partial charge is 0.375 e. The summed E-state index contributed by atoms with van der Waals surface area (Å²) in [7, 11) is 0. The number of nitrogens with zero attached hydrogens (tertiary/aromatic N) is 1. The van der Waals surface area contributed by atoms with E-state index in [0.717, 1.165) is 0 Å². The first-order valence-corrected chi connectivity index (χ1v) is 5.87. The van der Waals surface area contributed by atoms with Gasteiger partial charge in [0.05, 0.1) is 4.92 Å². The van der Waals surface area contributed by atoms with Crippen LogP contribution in [-0.2, 0) is 6.54 Å². The number of anilines is 1. The Bertz CT molecular complexity index is 619. The average Bonchev–Trinajstić information content (AvgIpc) is 2.38. The Kier molecular flexibility index (Phi) is 3.97. The van der Waals surface area contributed by atoms with Crippen LogP contribution in [0.4, 0.5) is 15.8 Å². The van der Waals surface area contributed by atoms with Crippen molar-refractivity contribution in [1.29, 1.82) is 0 Å². The number of hydrogen-bond donors (Lipinski definition) is 1. The fraction of sp³-hybridized carbons (Fsp3) is 0.0769. The molecule has 2 aromatic rings. The van der Waals surface area contributed by atoms with Crippen molar-refractivity contribution in [2.45, 2.75) is 6.54 Å². The van der Waals surface area contributed by atoms with Gasteiger partial charge in [0, 0.05) is 23.2 Å². The molecule has 0 atom stereocenters. The van der Waals surface area contributed by atoms with Crippen LogP contribution in [-0.4, -0.2) is 4.92 Å². The van der Waals surface area contributed by atoms with Gasteiger partial charge in [0.15, 0.2) is 0 Å². The molecule has 0 bridgehead atoms. The van der Waals surface area contributed by atoms with Crippen molar-refractivity contribution in [1.82, 2.24) is 0 Å². The highest BCUT2D eigenvalue weighted by atomic mass is 35.5. The Labute approximate surface area is 114 Å². The van der Waals surface area contributed by atoms with Crippen LogP contribution in [0.1, 0.15) is 5.56 Å². The molecule has 1 N–H and O–H groups in total. The number of halogens is 2. The molecular weight excluding hydrogens is 271 g/mol. The average molecular weight is 281 g/mol. The quantitative estimate of drug-likeness (QED) is 0.680. The van der Waals surface area contributed by atoms with Gasteiger partial charge in [-0.1, -0.05) is 29.8 Å². The highest BCUT2D eigenvalue weighted by Crippen LogP contribution is 2.24. The maximum atomic E-state index is 13.6. The van der Waals surface area contributed by atoms with Gasteiger partial charge in [-0.2, -0.15) is 0 Å². The predicted octanol–water partition coefficient (Wildman–Crippen LogP) is 4.00. The summed E-state index contributed by atoms with van der Waals surface area (Å²) in [5.41, 5.74) is 0.696. The van der Waals surface area contributed by atoms with Crippen LogP contribution < -0.4 is 5.32 Å². The first-order valence-electron chi connectivity index (χ1n) is 5.49. The van der Waals surface area contributed by atoms with Gasteiger partial charge in [0.1, 0.15) is 11.5 Å². The highest BCUT2D eigenvalue weighted by Gasteiger charge is 2.12. The SMILES string of the molecule is O=[N+]([O-])c1ccccc1NCc1ccc(Cl)cc1F. The Morgan fingerprint density at radius 3 is 2.68 bits per heavy atom. The molecule has 0 saturated carbocycles. The van der Waals surface area contributed by atoms with Crippen LogP contribution in [0.15, 0.2) is 42.5 Å². The Balaban J connectivity index is 2.17. The molecule has 0 aliphatic carbocycles. The number of rotatable bonds is 4. The minimum Gasteiger partial charge on any atom is -0.375 e. The molecule has 0 heterocycles. The van der Waals surface area contributed by atoms with Gasteiger partial charge in [0.25, 0.3) is 5.69 Å². The van der Waals surface area contributed by atoms with Crippen LogP contribution in [0.25, 0.3) is 0 Å². The number of nitrogens with one attached hydrogen (secondary N) is 1. The monoisotopic (exact) mass is 280 g/mol. The summed E-state index contributed by atoms with van der Waals surface area (Å²) < 4.78 is 13.6. The highest BCUT2D eigenvalue weighted by molar-refractivity contribution is 6.30. The van der Waals surface area contributed by atoms with E-state index in [1.165, 1.54) is 12.1 Å². The van der Waals surface area contributed by atoms with Crippen molar-refractivity contribution >= 4 is 23.0 Å². The first kappa shape index (κ1) is 13.3. The van der Waals surface area contributed by atoms with Gasteiger partial charge in [0.2, 0.25) is 0 Å². The molecule has 0 fully saturated rings. The summed E-state index contributed by atoms with van der Waals surface area (Å²) in [6.45, 7) is 0.147. The minimum absolute atomic E-state index is 0.0446. The molecule has 0 radical (unpaired) electrons. The lowest BCUT2D eigenvalue weighted by atomic mass is 10.2. The van der Waals surface area contributed by atoms with Crippen LogP contribution >= 0.6 is 11.6 Å². The van der Waals surface area contributed by atoms with E-state index in [1.54, 1.807) is 30.3 Å². The van der Waals surface area contributed by atoms with E-state index in [1.807, 2.05) is 0 Å². The van der Waals surface area contributed by atoms with Crippen molar-refractivity contribution in [2.24, 2.45) is 0 Å². The third kappa shape index (κ3) is 3.20. The van der Waals surface area contributed by atoms with E-state index in [9.17, 15) is 14.5 Å². The van der Waals surface area contributed by atoms with Gasteiger partial charge in [-0.3, -0.25) is 10.1 Å². The molecule has 0 aliphatic rings. The number of hydrogen-bond acceptors (Lipinski definition) is 3. The normalized spacial score (nSPS) is 10.2. The van der Waals surface area contributed by atoms with Gasteiger partial charge >= 0.3 is 0 Å². The molecule has 0 unspecified atom stereocenters. The number of benzene rings is 2. The Hall–Kier alpha value is -2.14. The fourth-order valence-corrected chi connectivity index (χ4v) is 1.80. The summed E-state index contributed by atoms with van der Waals surface area (Å²) >= 11 is 5.65. The molecule has 2 aromatic carbocycles. The standard InChI is InChI=1S/C13H10ClFN2O2/c14-10-6-5-9(11(15)7-10)8-16-12-3-1-2-4-13(12)17(18)19/h1-7,16H,8H2. The fourth-order valence-electron chi connectivity index (χ4n) is 1.64. The molecule has 6 heteroatoms. The second-order valence-corrected chi connectivity index (χ2v) is 4.30. The van der Waals surface area contributed by atoms with E-state index in [0.29, 0.717) is 16.3 Å². The summed E-state index contributed by atoms with van der Waals surface area (Å²) in [6.07, 6.45) is 0. The van der Waals surface area contributed by atoms with Crippen molar-refractivity contribution in [3.63, 3.8) is 0 Å². The van der Waals surface area contributed by atoms with E-state index >= 15 is 0 Å². The summed E-state index contributed by atoms with van der Waals surface area (Å²) in [5.74, 6) is -0.446. The molecule has 0 saturated heterocycles. The zero-order chi connectivity index (χ0) is 13.8. The molecule has 2 rings (SSSR count). The predicted molar refractivity (Wildman–Crippen MR) is 71.8 cm³/mol. The third-order valence-corrected chi connectivity index (χ3v) is 2.82. The lowest BCUT2D eigenvalue weighted by molar-refractivity contribution is -0.384. The number of para-hydroxylation sites is 2. The summed E-state index contributed by atoms with van der Waals surface area (Å²) in [4.78, 5) is 10.3. The summed E-state index contributed by atoms with van der Waals surface area (Å²) in [5, 5.41) is 14.0. The van der Waals surface area contributed by atoms with E-state index in [4.69, 9.17) is 11.6 Å². The Morgan fingerprint density at radius 1 is 1.26 bits per heavy atom. The third-order valence-electron chi connectivity index (χ3n) is 2.59. The molecule has 0 aliphatic heterocycles. The molecule has 0 spiro atoms. The van der Waals surface area contributed by atoms with Crippen LogP contribution in [0.3, 0.4) is 0 Å². The number of nitro benzene ring substituents is 1. The topological polar surface area (TPSA) is 55.2 Å². The van der Waals surface area contributed by atoms with Crippen molar-refractivity contribution in [3.05, 3.63) is 69.0 Å². The lowest BCUT2D eigenvalue weighted by Crippen LogP contribution is -2.04. The van der Waals surface area contributed by atoms with Gasteiger partial charge in [-0.15, -0.1) is 0 Å². The van der Waals surface area contributed by atoms with Crippen LogP contribution in [0, 0.1) is 15.9 Å². The molecule has 4 nitrogen and oxygen atoms in total. The maximum absolute atomic E-state index is 13.6. The smallest absolute Gasteiger partial charge is 0.292 e. The first-order chi connectivity index (χ1) is 9.08. The van der Waals surface area contributed by atoms with E-state index in [-0.39, 0.29) is 12.2 Å². The molecule has 0 amide bonds. The molecule has 19 heavy (non-hydrogen) atoms. The van der Waals surface area contributed by atoms with E-state index in [2.05, 4.69) is 5.32 Å². The lowest BCUT2D eigenvalue weighted by Gasteiger charge is -2.08. The zero-order valence-electron chi connectivity index (χ0n) is 9.77. The Morgan fingerprint density at radius 2 is 2.00 bits per heavy atom. The molecule has 0 aromatic heterocycles. The van der Waals surface area contributed by atoms with Gasteiger partial charge in [-0.25, -0.2) is 4.39 Å². The number of nitro groups is 1. The van der Waals surface area contributed by atoms with E-state index < -0.39 is 10.7 Å². The van der Waals surface area contributed by atoms with Crippen molar-refractivity contribution < 1.29 is 9.31 Å². The van der Waals surface area contributed by atoms with Crippen molar-refractivity contribution in [3.8, 4) is 0 Å². The second-order valence-electron chi connectivity index (χ2n) is 3.86. The van der Waals surface area contributed by atoms with Gasteiger partial charge in [-0.05, 0) is 18.2 Å². The maximum Gasteiger partial charge on any atom is 0.292 e.